The molecule has 0 atom stereocenters. The minimum Gasteiger partial charge on any atom is -0.316 e. The first-order valence-corrected chi connectivity index (χ1v) is 15.4. The lowest BCUT2D eigenvalue weighted by molar-refractivity contribution is 1.11. The molecule has 4 aromatic rings. The normalized spacial score (nSPS) is 11.7. The monoisotopic (exact) mass is 441 g/mol. The van der Waals surface area contributed by atoms with E-state index in [1.165, 1.54) is 39.9 Å². The van der Waals surface area contributed by atoms with Gasteiger partial charge in [0, 0.05) is 19.8 Å². The standard InChI is InChI=1S/C28H32NPSi/c1-4-31(5-2,6-3)27-21-14-13-20-26(27)29-23-15-22-28(29)30(24-16-9-7-10-17-24)25-18-11-8-12-19-25/h7-23H,4-6H2,1-3H3. The van der Waals surface area contributed by atoms with Gasteiger partial charge in [-0.3, -0.25) is 0 Å². The summed E-state index contributed by atoms with van der Waals surface area (Å²) >= 11 is 0. The summed E-state index contributed by atoms with van der Waals surface area (Å²) in [5, 5.41) is 4.40. The quantitative estimate of drug-likeness (QED) is 0.235. The van der Waals surface area contributed by atoms with E-state index in [4.69, 9.17) is 0 Å². The second-order valence-corrected chi connectivity index (χ2v) is 15.5. The Bertz CT molecular complexity index is 1050. The summed E-state index contributed by atoms with van der Waals surface area (Å²) in [6.45, 7) is 7.19. The minimum absolute atomic E-state index is 0.636. The fourth-order valence-electron chi connectivity index (χ4n) is 4.78. The molecule has 31 heavy (non-hydrogen) atoms. The van der Waals surface area contributed by atoms with Gasteiger partial charge < -0.3 is 4.57 Å². The third-order valence-corrected chi connectivity index (χ3v) is 14.8. The molecule has 0 fully saturated rings. The minimum atomic E-state index is -1.52. The Labute approximate surface area is 189 Å². The van der Waals surface area contributed by atoms with Crippen LogP contribution in [0.5, 0.6) is 0 Å². The summed E-state index contributed by atoms with van der Waals surface area (Å²) in [6.07, 6.45) is 2.27. The predicted octanol–water partition coefficient (Wildman–Crippen LogP) is 5.95. The highest BCUT2D eigenvalue weighted by Crippen LogP contribution is 2.34. The maximum absolute atomic E-state index is 2.49. The molecule has 158 valence electrons. The molecule has 3 aromatic carbocycles. The van der Waals surface area contributed by atoms with Gasteiger partial charge in [-0.15, -0.1) is 0 Å². The van der Waals surface area contributed by atoms with Gasteiger partial charge in [-0.2, -0.15) is 0 Å². The molecule has 4 rings (SSSR count). The molecule has 1 aromatic heterocycles. The van der Waals surface area contributed by atoms with Gasteiger partial charge in [-0.25, -0.2) is 0 Å². The number of benzene rings is 3. The third kappa shape index (κ3) is 4.20. The van der Waals surface area contributed by atoms with Crippen molar-refractivity contribution < 1.29 is 0 Å². The fourth-order valence-corrected chi connectivity index (χ4v) is 11.0. The summed E-state index contributed by atoms with van der Waals surface area (Å²) in [7, 11) is -2.16. The Morgan fingerprint density at radius 3 is 1.68 bits per heavy atom. The van der Waals surface area contributed by atoms with Crippen molar-refractivity contribution in [3.05, 3.63) is 103 Å². The summed E-state index contributed by atoms with van der Waals surface area (Å²) in [5.41, 5.74) is 2.78. The zero-order valence-corrected chi connectivity index (χ0v) is 20.7. The molecule has 3 heteroatoms. The van der Waals surface area contributed by atoms with Crippen LogP contribution in [0.4, 0.5) is 0 Å². The lowest BCUT2D eigenvalue weighted by atomic mass is 10.3. The van der Waals surface area contributed by atoms with Gasteiger partial charge in [-0.1, -0.05) is 118 Å². The number of hydrogen-bond acceptors (Lipinski definition) is 0. The van der Waals surface area contributed by atoms with Crippen molar-refractivity contribution in [3.63, 3.8) is 0 Å². The highest BCUT2D eigenvalue weighted by atomic mass is 31.1. The Kier molecular flexibility index (Phi) is 6.90. The first kappa shape index (κ1) is 21.8. The van der Waals surface area contributed by atoms with Crippen LogP contribution in [0.15, 0.2) is 103 Å². The molecular weight excluding hydrogens is 409 g/mol. The van der Waals surface area contributed by atoms with E-state index in [0.717, 1.165) is 0 Å². The molecule has 0 aliphatic heterocycles. The van der Waals surface area contributed by atoms with Crippen molar-refractivity contribution in [1.82, 2.24) is 4.57 Å². The molecule has 0 bridgehead atoms. The SMILES string of the molecule is CC[Si](CC)(CC)c1ccccc1-n1cccc1P(c1ccccc1)c1ccccc1. The average molecular weight is 442 g/mol. The van der Waals surface area contributed by atoms with E-state index in [9.17, 15) is 0 Å². The van der Waals surface area contributed by atoms with Crippen LogP contribution < -0.4 is 21.2 Å². The van der Waals surface area contributed by atoms with E-state index in [-0.39, 0.29) is 0 Å². The molecule has 0 saturated carbocycles. The molecule has 0 radical (unpaired) electrons. The summed E-state index contributed by atoms with van der Waals surface area (Å²) in [6, 6.07) is 39.6. The number of aromatic nitrogens is 1. The van der Waals surface area contributed by atoms with Crippen molar-refractivity contribution in [3.8, 4) is 5.69 Å². The molecule has 0 aliphatic carbocycles. The molecule has 1 heterocycles. The van der Waals surface area contributed by atoms with Gasteiger partial charge >= 0.3 is 0 Å². The predicted molar refractivity (Wildman–Crippen MR) is 141 cm³/mol. The molecule has 0 amide bonds. The highest BCUT2D eigenvalue weighted by Gasteiger charge is 2.32. The second-order valence-electron chi connectivity index (χ2n) is 8.10. The maximum atomic E-state index is 2.49. The van der Waals surface area contributed by atoms with E-state index >= 15 is 0 Å². The number of nitrogens with zero attached hydrogens (tertiary/aromatic N) is 1. The summed E-state index contributed by atoms with van der Waals surface area (Å²) < 4.78 is 2.49. The molecule has 1 nitrogen and oxygen atoms in total. The second kappa shape index (κ2) is 9.81. The van der Waals surface area contributed by atoms with Crippen LogP contribution in [-0.4, -0.2) is 12.6 Å². The van der Waals surface area contributed by atoms with Crippen molar-refractivity contribution in [1.29, 1.82) is 0 Å². The Morgan fingerprint density at radius 1 is 0.613 bits per heavy atom. The van der Waals surface area contributed by atoms with Crippen LogP contribution in [0, 0.1) is 0 Å². The fraction of sp³-hybridized carbons (Fsp3) is 0.214. The van der Waals surface area contributed by atoms with Crippen LogP contribution in [0.25, 0.3) is 5.69 Å². The maximum Gasteiger partial charge on any atom is 0.0886 e. The van der Waals surface area contributed by atoms with Gasteiger partial charge in [-0.05, 0) is 34.0 Å². The highest BCUT2D eigenvalue weighted by molar-refractivity contribution is 7.79. The van der Waals surface area contributed by atoms with Crippen LogP contribution in [-0.2, 0) is 0 Å². The van der Waals surface area contributed by atoms with Gasteiger partial charge in [0.25, 0.3) is 0 Å². The van der Waals surface area contributed by atoms with Crippen LogP contribution >= 0.6 is 7.92 Å². The average Bonchev–Trinajstić information content (AvgIpc) is 3.32. The van der Waals surface area contributed by atoms with E-state index in [0.29, 0.717) is 0 Å². The van der Waals surface area contributed by atoms with Gasteiger partial charge in [0.1, 0.15) is 0 Å². The zero-order valence-electron chi connectivity index (χ0n) is 18.8. The number of para-hydroxylation sites is 1. The van der Waals surface area contributed by atoms with E-state index in [2.05, 4.69) is 129 Å². The zero-order chi connectivity index (χ0) is 21.7. The van der Waals surface area contributed by atoms with Crippen molar-refractivity contribution >= 4 is 37.2 Å². The van der Waals surface area contributed by atoms with Crippen LogP contribution in [0.3, 0.4) is 0 Å². The summed E-state index contributed by atoms with van der Waals surface area (Å²) in [5.74, 6) is 0. The number of hydrogen-bond donors (Lipinski definition) is 0. The molecule has 0 saturated heterocycles. The van der Waals surface area contributed by atoms with Crippen molar-refractivity contribution in [2.45, 2.75) is 38.9 Å². The third-order valence-electron chi connectivity index (χ3n) is 6.75. The summed E-state index contributed by atoms with van der Waals surface area (Å²) in [4.78, 5) is 0. The van der Waals surface area contributed by atoms with Crippen molar-refractivity contribution in [2.24, 2.45) is 0 Å². The Hall–Kier alpha value is -2.41. The molecule has 0 N–H and O–H groups in total. The van der Waals surface area contributed by atoms with E-state index < -0.39 is 16.0 Å². The van der Waals surface area contributed by atoms with Gasteiger partial charge in [0.15, 0.2) is 0 Å². The largest absolute Gasteiger partial charge is 0.316 e. The van der Waals surface area contributed by atoms with Crippen LogP contribution in [0.1, 0.15) is 20.8 Å². The topological polar surface area (TPSA) is 4.93 Å². The Balaban J connectivity index is 1.92. The first-order chi connectivity index (χ1) is 15.2. The number of rotatable bonds is 8. The molecule has 0 aliphatic rings. The van der Waals surface area contributed by atoms with Gasteiger partial charge in [0.05, 0.1) is 13.5 Å². The van der Waals surface area contributed by atoms with Crippen molar-refractivity contribution in [2.75, 3.05) is 0 Å². The lowest BCUT2D eigenvalue weighted by Crippen LogP contribution is -2.48. The molecule has 0 spiro atoms. The lowest BCUT2D eigenvalue weighted by Gasteiger charge is -2.32. The van der Waals surface area contributed by atoms with E-state index in [1.807, 2.05) is 0 Å². The molecule has 0 unspecified atom stereocenters. The van der Waals surface area contributed by atoms with Crippen LogP contribution in [0.2, 0.25) is 18.1 Å². The van der Waals surface area contributed by atoms with E-state index in [1.54, 1.807) is 5.19 Å². The molecular formula is C28H32NPSi. The smallest absolute Gasteiger partial charge is 0.0886 e. The Morgan fingerprint density at radius 2 is 1.13 bits per heavy atom. The first-order valence-electron chi connectivity index (χ1n) is 11.4. The van der Waals surface area contributed by atoms with Gasteiger partial charge in [0.2, 0.25) is 0 Å².